The van der Waals surface area contributed by atoms with Crippen molar-refractivity contribution >= 4 is 0 Å². The highest BCUT2D eigenvalue weighted by Gasteiger charge is 1.91. The fourth-order valence-electron chi connectivity index (χ4n) is 1.11. The fourth-order valence-corrected chi connectivity index (χ4v) is 1.11. The zero-order chi connectivity index (χ0) is 8.27. The predicted molar refractivity (Wildman–Crippen MR) is 47.3 cm³/mol. The van der Waals surface area contributed by atoms with Crippen molar-refractivity contribution in [2.75, 3.05) is 0 Å². The van der Waals surface area contributed by atoms with E-state index in [1.807, 2.05) is 32.9 Å². The summed E-state index contributed by atoms with van der Waals surface area (Å²) in [6.07, 6.45) is 0. The highest BCUT2D eigenvalue weighted by atomic mass is 13.9. The second kappa shape index (κ2) is 3.25. The maximum absolute atomic E-state index is 3.20. The normalized spacial score (nSPS) is 8.64. The second-order valence-corrected chi connectivity index (χ2v) is 2.61. The van der Waals surface area contributed by atoms with Crippen LogP contribution in [0.5, 0.6) is 0 Å². The van der Waals surface area contributed by atoms with Crippen LogP contribution in [-0.4, -0.2) is 0 Å². The van der Waals surface area contributed by atoms with Crippen LogP contribution in [0.3, 0.4) is 0 Å². The number of benzene rings is 1. The monoisotopic (exact) mass is 143 g/mol. The van der Waals surface area contributed by atoms with Crippen molar-refractivity contribution in [3.8, 4) is 11.8 Å². The lowest BCUT2D eigenvalue weighted by molar-refractivity contribution is 1.36. The van der Waals surface area contributed by atoms with Gasteiger partial charge in [-0.1, -0.05) is 5.92 Å². The van der Waals surface area contributed by atoms with Crippen molar-refractivity contribution in [3.05, 3.63) is 34.9 Å². The van der Waals surface area contributed by atoms with Crippen molar-refractivity contribution in [3.63, 3.8) is 0 Å². The van der Waals surface area contributed by atoms with Crippen LogP contribution in [-0.2, 0) is 0 Å². The maximum Gasteiger partial charge on any atom is 0.0250 e. The molecule has 0 unspecified atom stereocenters. The van der Waals surface area contributed by atoms with E-state index in [1.165, 1.54) is 0 Å². The first kappa shape index (κ1) is 7.88. The summed E-state index contributed by atoms with van der Waals surface area (Å²) in [4.78, 5) is 0. The Morgan fingerprint density at radius 2 is 1.73 bits per heavy atom. The molecule has 0 aromatic heterocycles. The van der Waals surface area contributed by atoms with Crippen LogP contribution in [0.25, 0.3) is 0 Å². The van der Waals surface area contributed by atoms with Gasteiger partial charge in [-0.15, -0.1) is 5.92 Å². The first-order valence-electron chi connectivity index (χ1n) is 3.65. The molecule has 11 heavy (non-hydrogen) atoms. The molecule has 0 saturated carbocycles. The van der Waals surface area contributed by atoms with Gasteiger partial charge in [-0.05, 0) is 50.1 Å². The quantitative estimate of drug-likeness (QED) is 0.489. The van der Waals surface area contributed by atoms with Gasteiger partial charge < -0.3 is 0 Å². The Morgan fingerprint density at radius 1 is 1.18 bits per heavy atom. The molecule has 1 rings (SSSR count). The number of aryl methyl sites for hydroxylation is 2. The van der Waals surface area contributed by atoms with Gasteiger partial charge in [0.05, 0.1) is 0 Å². The van der Waals surface area contributed by atoms with Gasteiger partial charge in [-0.2, -0.15) is 0 Å². The summed E-state index contributed by atoms with van der Waals surface area (Å²) >= 11 is 0. The molecule has 55 valence electrons. The molecule has 0 aliphatic heterocycles. The summed E-state index contributed by atoms with van der Waals surface area (Å²) < 4.78 is 0. The average molecular weight is 143 g/mol. The van der Waals surface area contributed by atoms with E-state index in [4.69, 9.17) is 0 Å². The molecule has 1 aromatic carbocycles. The number of hydrogen-bond donors (Lipinski definition) is 0. The molecule has 0 nitrogen and oxygen atoms in total. The van der Waals surface area contributed by atoms with Gasteiger partial charge in [-0.25, -0.2) is 0 Å². The smallest absolute Gasteiger partial charge is 0.0250 e. The Kier molecular flexibility index (Phi) is 2.33. The minimum atomic E-state index is 1.08. The zero-order valence-corrected chi connectivity index (χ0v) is 7.15. The van der Waals surface area contributed by atoms with Gasteiger partial charge in [0, 0.05) is 5.56 Å². The molecule has 1 aromatic rings. The Morgan fingerprint density at radius 3 is 2.18 bits per heavy atom. The molecular weight excluding hydrogens is 132 g/mol. The first-order valence-corrected chi connectivity index (χ1v) is 3.65. The van der Waals surface area contributed by atoms with Crippen LogP contribution in [0.2, 0.25) is 0 Å². The summed E-state index contributed by atoms with van der Waals surface area (Å²) in [6, 6.07) is 7.29. The third-order valence-corrected chi connectivity index (χ3v) is 1.41. The minimum absolute atomic E-state index is 1.08. The van der Waals surface area contributed by atoms with Crippen LogP contribution in [0.1, 0.15) is 23.6 Å². The molecule has 0 bridgehead atoms. The van der Waals surface area contributed by atoms with E-state index in [2.05, 4.69) is 17.9 Å². The van der Waals surface area contributed by atoms with E-state index in [9.17, 15) is 0 Å². The van der Waals surface area contributed by atoms with E-state index in [-0.39, 0.29) is 0 Å². The molecule has 0 amide bonds. The van der Waals surface area contributed by atoms with E-state index >= 15 is 0 Å². The van der Waals surface area contributed by atoms with Gasteiger partial charge in [0.1, 0.15) is 0 Å². The van der Waals surface area contributed by atoms with Crippen molar-refractivity contribution in [2.24, 2.45) is 0 Å². The van der Waals surface area contributed by atoms with E-state index in [0.717, 1.165) is 16.7 Å². The summed E-state index contributed by atoms with van der Waals surface area (Å²) in [5.41, 5.74) is 3.40. The lowest BCUT2D eigenvalue weighted by atomic mass is 10.1. The molecule has 1 radical (unpaired) electrons. The van der Waals surface area contributed by atoms with Gasteiger partial charge in [-0.3, -0.25) is 0 Å². The average Bonchev–Trinajstić information content (AvgIpc) is 1.85. The highest BCUT2D eigenvalue weighted by Crippen LogP contribution is 2.06. The summed E-state index contributed by atoms with van der Waals surface area (Å²) in [5, 5.41) is 0. The molecule has 0 heterocycles. The molecule has 0 saturated heterocycles. The van der Waals surface area contributed by atoms with Gasteiger partial charge in [0.15, 0.2) is 0 Å². The largest absolute Gasteiger partial charge is 0.101 e. The van der Waals surface area contributed by atoms with Gasteiger partial charge in [0.2, 0.25) is 0 Å². The Bertz CT molecular complexity index is 290. The summed E-state index contributed by atoms with van der Waals surface area (Å²) in [6.45, 7) is 5.92. The second-order valence-electron chi connectivity index (χ2n) is 2.61. The summed E-state index contributed by atoms with van der Waals surface area (Å²) in [5.74, 6) is 5.89. The van der Waals surface area contributed by atoms with Crippen LogP contribution >= 0.6 is 0 Å². The van der Waals surface area contributed by atoms with E-state index in [1.54, 1.807) is 0 Å². The predicted octanol–water partition coefficient (Wildman–Crippen LogP) is 2.48. The minimum Gasteiger partial charge on any atom is -0.101 e. The van der Waals surface area contributed by atoms with E-state index in [0.29, 0.717) is 0 Å². The standard InChI is InChI=1S/C11H11/c1-4-5-11-7-9(2)6-10(3)8-11/h7-8H,1-3H3. The summed E-state index contributed by atoms with van der Waals surface area (Å²) in [7, 11) is 0. The maximum atomic E-state index is 3.20. The van der Waals surface area contributed by atoms with E-state index < -0.39 is 0 Å². The third kappa shape index (κ3) is 2.13. The van der Waals surface area contributed by atoms with Gasteiger partial charge >= 0.3 is 0 Å². The molecule has 0 heteroatoms. The molecular formula is C11H11. The van der Waals surface area contributed by atoms with Crippen LogP contribution in [0.15, 0.2) is 12.1 Å². The topological polar surface area (TPSA) is 0 Å². The SMILES string of the molecule is CC#Cc1cc(C)[c]c(C)c1. The van der Waals surface area contributed by atoms with Crippen molar-refractivity contribution in [2.45, 2.75) is 20.8 Å². The van der Waals surface area contributed by atoms with Crippen molar-refractivity contribution in [1.29, 1.82) is 0 Å². The van der Waals surface area contributed by atoms with Gasteiger partial charge in [0.25, 0.3) is 0 Å². The number of hydrogen-bond acceptors (Lipinski definition) is 0. The third-order valence-electron chi connectivity index (χ3n) is 1.41. The molecule has 0 fully saturated rings. The number of rotatable bonds is 0. The molecule has 0 N–H and O–H groups in total. The fraction of sp³-hybridized carbons (Fsp3) is 0.273. The zero-order valence-electron chi connectivity index (χ0n) is 7.15. The molecule has 0 atom stereocenters. The van der Waals surface area contributed by atoms with Crippen molar-refractivity contribution < 1.29 is 0 Å². The Balaban J connectivity index is 3.15. The molecule has 0 aliphatic carbocycles. The lowest BCUT2D eigenvalue weighted by Crippen LogP contribution is -1.81. The molecule has 0 spiro atoms. The van der Waals surface area contributed by atoms with Crippen LogP contribution in [0.4, 0.5) is 0 Å². The van der Waals surface area contributed by atoms with Crippen LogP contribution in [0, 0.1) is 31.8 Å². The Labute approximate surface area is 68.3 Å². The van der Waals surface area contributed by atoms with Crippen LogP contribution < -0.4 is 0 Å². The Hall–Kier alpha value is -1.22. The lowest BCUT2D eigenvalue weighted by Gasteiger charge is -1.96. The first-order chi connectivity index (χ1) is 5.22. The highest BCUT2D eigenvalue weighted by molar-refractivity contribution is 5.38. The van der Waals surface area contributed by atoms with Crippen molar-refractivity contribution in [1.82, 2.24) is 0 Å². The molecule has 0 aliphatic rings.